The van der Waals surface area contributed by atoms with E-state index in [1.54, 1.807) is 0 Å². The lowest BCUT2D eigenvalue weighted by molar-refractivity contribution is -0.910. The highest BCUT2D eigenvalue weighted by Gasteiger charge is 2.32. The van der Waals surface area contributed by atoms with E-state index in [1.165, 1.54) is 10.6 Å². The number of nitrogens with zero attached hydrogens (tertiary/aromatic N) is 1. The van der Waals surface area contributed by atoms with Crippen molar-refractivity contribution >= 4 is 11.6 Å². The van der Waals surface area contributed by atoms with Crippen LogP contribution >= 0.6 is 0 Å². The van der Waals surface area contributed by atoms with E-state index in [1.807, 2.05) is 54.6 Å². The maximum atomic E-state index is 12.6. The first-order valence-electron chi connectivity index (χ1n) is 10.2. The van der Waals surface area contributed by atoms with Crippen LogP contribution in [0.5, 0.6) is 5.75 Å². The predicted octanol–water partition coefficient (Wildman–Crippen LogP) is 2.96. The highest BCUT2D eigenvalue weighted by molar-refractivity contribution is 5.91. The Bertz CT molecular complexity index is 934. The second-order valence-corrected chi connectivity index (χ2v) is 7.67. The number of hydrogen-bond acceptors (Lipinski definition) is 2. The van der Waals surface area contributed by atoms with E-state index in [4.69, 9.17) is 4.74 Å². The molecule has 5 heteroatoms. The van der Waals surface area contributed by atoms with Gasteiger partial charge in [0.25, 0.3) is 5.91 Å². The molecule has 1 fully saturated rings. The van der Waals surface area contributed by atoms with Gasteiger partial charge in [-0.3, -0.25) is 4.79 Å². The number of rotatable bonds is 7. The van der Waals surface area contributed by atoms with Crippen LogP contribution in [0.25, 0.3) is 0 Å². The SMILES string of the molecule is Cn1cccc1[C@H]1CCC[NH+]1CC(=O)Nc1ccc(OCc2ccccc2)cc1. The molecular formula is C24H28N3O2+. The lowest BCUT2D eigenvalue weighted by Crippen LogP contribution is -3.11. The maximum Gasteiger partial charge on any atom is 0.279 e. The summed E-state index contributed by atoms with van der Waals surface area (Å²) in [5.74, 6) is 0.847. The normalized spacial score (nSPS) is 18.5. The molecule has 2 aromatic carbocycles. The van der Waals surface area contributed by atoms with E-state index in [2.05, 4.69) is 35.3 Å². The number of benzene rings is 2. The second kappa shape index (κ2) is 8.97. The van der Waals surface area contributed by atoms with Gasteiger partial charge in [0.2, 0.25) is 0 Å². The Morgan fingerprint density at radius 1 is 1.10 bits per heavy atom. The van der Waals surface area contributed by atoms with Crippen LogP contribution < -0.4 is 15.0 Å². The predicted molar refractivity (Wildman–Crippen MR) is 114 cm³/mol. The minimum Gasteiger partial charge on any atom is -0.489 e. The second-order valence-electron chi connectivity index (χ2n) is 7.67. The first-order chi connectivity index (χ1) is 14.2. The molecule has 2 atom stereocenters. The van der Waals surface area contributed by atoms with Crippen LogP contribution in [0.1, 0.15) is 30.1 Å². The average molecular weight is 391 g/mol. The minimum absolute atomic E-state index is 0.0547. The summed E-state index contributed by atoms with van der Waals surface area (Å²) in [7, 11) is 2.08. The first-order valence-corrected chi connectivity index (χ1v) is 10.2. The number of aryl methyl sites for hydroxylation is 1. The van der Waals surface area contributed by atoms with Gasteiger partial charge in [-0.2, -0.15) is 0 Å². The van der Waals surface area contributed by atoms with Crippen molar-refractivity contribution in [2.75, 3.05) is 18.4 Å². The van der Waals surface area contributed by atoms with Crippen LogP contribution in [0.15, 0.2) is 72.9 Å². The number of anilines is 1. The van der Waals surface area contributed by atoms with Gasteiger partial charge in [0, 0.05) is 31.8 Å². The molecule has 0 bridgehead atoms. The number of likely N-dealkylation sites (tertiary alicyclic amines) is 1. The summed E-state index contributed by atoms with van der Waals surface area (Å²) in [6.45, 7) is 2.06. The van der Waals surface area contributed by atoms with Gasteiger partial charge in [-0.05, 0) is 42.0 Å². The van der Waals surface area contributed by atoms with E-state index in [9.17, 15) is 4.79 Å². The molecule has 1 aliphatic rings. The Morgan fingerprint density at radius 3 is 2.62 bits per heavy atom. The van der Waals surface area contributed by atoms with Crippen LogP contribution in [0.3, 0.4) is 0 Å². The molecule has 1 saturated heterocycles. The zero-order valence-electron chi connectivity index (χ0n) is 16.8. The molecule has 1 aliphatic heterocycles. The number of carbonyl (C=O) groups excluding carboxylic acids is 1. The molecule has 0 radical (unpaired) electrons. The van der Waals surface area contributed by atoms with Crippen molar-refractivity contribution in [2.45, 2.75) is 25.5 Å². The summed E-state index contributed by atoms with van der Waals surface area (Å²) in [6, 6.07) is 22.3. The van der Waals surface area contributed by atoms with Gasteiger partial charge in [-0.25, -0.2) is 0 Å². The van der Waals surface area contributed by atoms with Gasteiger partial charge in [0.1, 0.15) is 18.4 Å². The van der Waals surface area contributed by atoms with E-state index in [0.29, 0.717) is 19.2 Å². The number of nitrogens with one attached hydrogen (secondary N) is 2. The van der Waals surface area contributed by atoms with Crippen molar-refractivity contribution in [2.24, 2.45) is 7.05 Å². The maximum absolute atomic E-state index is 12.6. The molecule has 0 saturated carbocycles. The molecule has 5 nitrogen and oxygen atoms in total. The third-order valence-electron chi connectivity index (χ3n) is 5.60. The molecule has 0 spiro atoms. The summed E-state index contributed by atoms with van der Waals surface area (Å²) < 4.78 is 7.98. The largest absolute Gasteiger partial charge is 0.489 e. The Kier molecular flexibility index (Phi) is 5.96. The monoisotopic (exact) mass is 390 g/mol. The lowest BCUT2D eigenvalue weighted by Gasteiger charge is -2.21. The Hall–Kier alpha value is -3.05. The highest BCUT2D eigenvalue weighted by atomic mass is 16.5. The van der Waals surface area contributed by atoms with Gasteiger partial charge in [0.15, 0.2) is 6.54 Å². The number of aromatic nitrogens is 1. The summed E-state index contributed by atoms with van der Waals surface area (Å²) in [5.41, 5.74) is 3.24. The summed E-state index contributed by atoms with van der Waals surface area (Å²) in [5, 5.41) is 3.03. The topological polar surface area (TPSA) is 47.7 Å². The molecule has 2 N–H and O–H groups in total. The van der Waals surface area contributed by atoms with Crippen molar-refractivity contribution in [3.63, 3.8) is 0 Å². The fourth-order valence-corrected chi connectivity index (χ4v) is 4.10. The molecule has 150 valence electrons. The standard InChI is InChI=1S/C24H27N3O2/c1-26-15-5-9-22(26)23-10-6-16-27(23)17-24(28)25-20-11-13-21(14-12-20)29-18-19-7-3-2-4-8-19/h2-5,7-9,11-15,23H,6,10,16-18H2,1H3,(H,25,28)/p+1/t23-/m1/s1. The van der Waals surface area contributed by atoms with Crippen molar-refractivity contribution in [1.29, 1.82) is 0 Å². The molecule has 1 aromatic heterocycles. The average Bonchev–Trinajstić information content (AvgIpc) is 3.36. The Labute approximate surface area is 171 Å². The van der Waals surface area contributed by atoms with E-state index in [0.717, 1.165) is 36.4 Å². The Balaban J connectivity index is 1.30. The molecule has 1 amide bonds. The van der Waals surface area contributed by atoms with Gasteiger partial charge in [-0.15, -0.1) is 0 Å². The summed E-state index contributed by atoms with van der Waals surface area (Å²) >= 11 is 0. The van der Waals surface area contributed by atoms with Crippen LogP contribution in [0, 0.1) is 0 Å². The van der Waals surface area contributed by atoms with Crippen LogP contribution in [-0.4, -0.2) is 23.6 Å². The van der Waals surface area contributed by atoms with E-state index >= 15 is 0 Å². The fraction of sp³-hybridized carbons (Fsp3) is 0.292. The quantitative estimate of drug-likeness (QED) is 0.652. The smallest absolute Gasteiger partial charge is 0.279 e. The number of amides is 1. The molecule has 1 unspecified atom stereocenters. The van der Waals surface area contributed by atoms with Gasteiger partial charge < -0.3 is 19.5 Å². The van der Waals surface area contributed by atoms with Gasteiger partial charge in [-0.1, -0.05) is 30.3 Å². The molecular weight excluding hydrogens is 362 g/mol. The molecule has 2 heterocycles. The molecule has 29 heavy (non-hydrogen) atoms. The van der Waals surface area contributed by atoms with Crippen molar-refractivity contribution in [3.8, 4) is 5.75 Å². The van der Waals surface area contributed by atoms with Crippen molar-refractivity contribution < 1.29 is 14.4 Å². The third kappa shape index (κ3) is 4.87. The van der Waals surface area contributed by atoms with E-state index < -0.39 is 0 Å². The van der Waals surface area contributed by atoms with Crippen LogP contribution in [0.4, 0.5) is 5.69 Å². The van der Waals surface area contributed by atoms with Crippen molar-refractivity contribution in [1.82, 2.24) is 4.57 Å². The van der Waals surface area contributed by atoms with Gasteiger partial charge in [0.05, 0.1) is 12.2 Å². The first kappa shape index (κ1) is 19.3. The lowest BCUT2D eigenvalue weighted by atomic mass is 10.1. The number of carbonyl (C=O) groups is 1. The van der Waals surface area contributed by atoms with E-state index in [-0.39, 0.29) is 5.91 Å². The zero-order chi connectivity index (χ0) is 20.1. The van der Waals surface area contributed by atoms with Crippen LogP contribution in [-0.2, 0) is 18.4 Å². The Morgan fingerprint density at radius 2 is 1.90 bits per heavy atom. The number of ether oxygens (including phenoxy) is 1. The molecule has 4 rings (SSSR count). The minimum atomic E-state index is 0.0547. The molecule has 3 aromatic rings. The fourth-order valence-electron chi connectivity index (χ4n) is 4.10. The van der Waals surface area contributed by atoms with Gasteiger partial charge >= 0.3 is 0 Å². The summed E-state index contributed by atoms with van der Waals surface area (Å²) in [4.78, 5) is 13.9. The zero-order valence-corrected chi connectivity index (χ0v) is 16.8. The highest BCUT2D eigenvalue weighted by Crippen LogP contribution is 2.19. The van der Waals surface area contributed by atoms with Crippen LogP contribution in [0.2, 0.25) is 0 Å². The number of quaternary nitrogens is 1. The molecule has 0 aliphatic carbocycles. The summed E-state index contributed by atoms with van der Waals surface area (Å²) in [6.07, 6.45) is 4.37. The third-order valence-corrected chi connectivity index (χ3v) is 5.60. The van der Waals surface area contributed by atoms with Crippen molar-refractivity contribution in [3.05, 3.63) is 84.2 Å². The number of hydrogen-bond donors (Lipinski definition) is 2.